The van der Waals surface area contributed by atoms with Crippen LogP contribution in [0.15, 0.2) is 30.3 Å². The van der Waals surface area contributed by atoms with Gasteiger partial charge in [0.15, 0.2) is 5.75 Å². The van der Waals surface area contributed by atoms with E-state index < -0.39 is 0 Å². The first kappa shape index (κ1) is 19.4. The zero-order valence-corrected chi connectivity index (χ0v) is 16.0. The van der Waals surface area contributed by atoms with Gasteiger partial charge in [0.25, 0.3) is 5.91 Å². The van der Waals surface area contributed by atoms with Crippen LogP contribution in [0.5, 0.6) is 11.5 Å². The molecule has 0 saturated heterocycles. The van der Waals surface area contributed by atoms with Gasteiger partial charge < -0.3 is 14.8 Å². The first-order valence-electron chi connectivity index (χ1n) is 8.03. The van der Waals surface area contributed by atoms with Crippen molar-refractivity contribution in [2.45, 2.75) is 20.8 Å². The van der Waals surface area contributed by atoms with Gasteiger partial charge in [-0.2, -0.15) is 0 Å². The lowest BCUT2D eigenvalue weighted by Crippen LogP contribution is -2.28. The summed E-state index contributed by atoms with van der Waals surface area (Å²) in [6.07, 6.45) is 0. The van der Waals surface area contributed by atoms with Crippen molar-refractivity contribution in [3.63, 3.8) is 0 Å². The SMILES string of the molecule is CCOc1c(Cl)cc(C(=O)NCCOc2cccc(C)c2C)cc1Cl. The fourth-order valence-electron chi connectivity index (χ4n) is 2.28. The Kier molecular flexibility index (Phi) is 6.97. The van der Waals surface area contributed by atoms with Crippen LogP contribution >= 0.6 is 23.2 Å². The maximum atomic E-state index is 12.2. The van der Waals surface area contributed by atoms with E-state index in [1.807, 2.05) is 39.0 Å². The van der Waals surface area contributed by atoms with Gasteiger partial charge in [-0.25, -0.2) is 0 Å². The van der Waals surface area contributed by atoms with Gasteiger partial charge in [0.1, 0.15) is 12.4 Å². The summed E-state index contributed by atoms with van der Waals surface area (Å²) in [5.74, 6) is 0.943. The monoisotopic (exact) mass is 381 g/mol. The minimum Gasteiger partial charge on any atom is -0.491 e. The number of ether oxygens (including phenoxy) is 2. The number of aryl methyl sites for hydroxylation is 1. The molecule has 2 rings (SSSR count). The van der Waals surface area contributed by atoms with Gasteiger partial charge in [-0.3, -0.25) is 4.79 Å². The molecule has 25 heavy (non-hydrogen) atoms. The molecule has 2 aromatic rings. The summed E-state index contributed by atoms with van der Waals surface area (Å²) in [5.41, 5.74) is 2.64. The van der Waals surface area contributed by atoms with Gasteiger partial charge in [-0.1, -0.05) is 35.3 Å². The van der Waals surface area contributed by atoms with E-state index >= 15 is 0 Å². The Hall–Kier alpha value is -1.91. The van der Waals surface area contributed by atoms with Gasteiger partial charge in [-0.15, -0.1) is 0 Å². The Morgan fingerprint density at radius 2 is 1.80 bits per heavy atom. The third-order valence-electron chi connectivity index (χ3n) is 3.75. The smallest absolute Gasteiger partial charge is 0.251 e. The van der Waals surface area contributed by atoms with E-state index in [1.54, 1.807) is 12.1 Å². The predicted octanol–water partition coefficient (Wildman–Crippen LogP) is 4.82. The molecule has 0 atom stereocenters. The van der Waals surface area contributed by atoms with Gasteiger partial charge in [0.05, 0.1) is 23.2 Å². The van der Waals surface area contributed by atoms with Crippen LogP contribution in [-0.4, -0.2) is 25.7 Å². The molecule has 0 radical (unpaired) electrons. The second-order valence-corrected chi connectivity index (χ2v) is 6.32. The Labute approximate surface area is 158 Å². The number of benzene rings is 2. The van der Waals surface area contributed by atoms with Gasteiger partial charge >= 0.3 is 0 Å². The lowest BCUT2D eigenvalue weighted by molar-refractivity contribution is 0.0947. The molecule has 0 bridgehead atoms. The van der Waals surface area contributed by atoms with Crippen LogP contribution in [0.25, 0.3) is 0 Å². The Balaban J connectivity index is 1.91. The minimum atomic E-state index is -0.267. The van der Waals surface area contributed by atoms with Crippen molar-refractivity contribution in [1.29, 1.82) is 0 Å². The number of nitrogens with one attached hydrogen (secondary N) is 1. The average molecular weight is 382 g/mol. The zero-order chi connectivity index (χ0) is 18.4. The molecule has 0 unspecified atom stereocenters. The van der Waals surface area contributed by atoms with Crippen LogP contribution in [0, 0.1) is 13.8 Å². The predicted molar refractivity (Wildman–Crippen MR) is 101 cm³/mol. The van der Waals surface area contributed by atoms with E-state index in [9.17, 15) is 4.79 Å². The van der Waals surface area contributed by atoms with E-state index in [0.29, 0.717) is 41.1 Å². The van der Waals surface area contributed by atoms with Gasteiger partial charge in [0, 0.05) is 5.56 Å². The van der Waals surface area contributed by atoms with E-state index in [4.69, 9.17) is 32.7 Å². The standard InChI is InChI=1S/C19H21Cl2NO3/c1-4-24-18-15(20)10-14(11-16(18)21)19(23)22-8-9-25-17-7-5-6-12(2)13(17)3/h5-7,10-11H,4,8-9H2,1-3H3,(H,22,23). The number of halogens is 2. The molecule has 1 N–H and O–H groups in total. The number of amides is 1. The van der Waals surface area contributed by atoms with Crippen LogP contribution < -0.4 is 14.8 Å². The molecule has 0 heterocycles. The summed E-state index contributed by atoms with van der Waals surface area (Å²) >= 11 is 12.2. The molecule has 134 valence electrons. The molecule has 6 heteroatoms. The van der Waals surface area contributed by atoms with Crippen molar-refractivity contribution in [2.24, 2.45) is 0 Å². The summed E-state index contributed by atoms with van der Waals surface area (Å²) in [5, 5.41) is 3.41. The second kappa shape index (κ2) is 8.97. The Morgan fingerprint density at radius 1 is 1.12 bits per heavy atom. The first-order valence-corrected chi connectivity index (χ1v) is 8.78. The van der Waals surface area contributed by atoms with Crippen molar-refractivity contribution >= 4 is 29.1 Å². The minimum absolute atomic E-state index is 0.267. The summed E-state index contributed by atoms with van der Waals surface area (Å²) < 4.78 is 11.1. The zero-order valence-electron chi connectivity index (χ0n) is 14.5. The molecule has 0 spiro atoms. The molecule has 0 aliphatic carbocycles. The fourth-order valence-corrected chi connectivity index (χ4v) is 2.88. The summed E-state index contributed by atoms with van der Waals surface area (Å²) in [6.45, 7) is 7.06. The summed E-state index contributed by atoms with van der Waals surface area (Å²) in [7, 11) is 0. The van der Waals surface area contributed by atoms with Crippen molar-refractivity contribution in [1.82, 2.24) is 5.32 Å². The second-order valence-electron chi connectivity index (χ2n) is 5.50. The highest BCUT2D eigenvalue weighted by atomic mass is 35.5. The molecule has 1 amide bonds. The molecule has 0 fully saturated rings. The first-order chi connectivity index (χ1) is 11.9. The van der Waals surface area contributed by atoms with Crippen LogP contribution in [0.3, 0.4) is 0 Å². The largest absolute Gasteiger partial charge is 0.491 e. The number of carbonyl (C=O) groups is 1. The van der Waals surface area contributed by atoms with E-state index in [0.717, 1.165) is 11.3 Å². The Morgan fingerprint density at radius 3 is 2.44 bits per heavy atom. The number of hydrogen-bond donors (Lipinski definition) is 1. The lowest BCUT2D eigenvalue weighted by atomic mass is 10.1. The normalized spacial score (nSPS) is 10.4. The summed E-state index contributed by atoms with van der Waals surface area (Å²) in [6, 6.07) is 8.97. The Bertz CT molecular complexity index is 739. The van der Waals surface area contributed by atoms with Crippen LogP contribution in [0.2, 0.25) is 10.0 Å². The average Bonchev–Trinajstić information content (AvgIpc) is 2.58. The molecule has 0 aliphatic rings. The maximum absolute atomic E-state index is 12.2. The highest BCUT2D eigenvalue weighted by molar-refractivity contribution is 6.37. The van der Waals surface area contributed by atoms with Crippen LogP contribution in [0.4, 0.5) is 0 Å². The highest BCUT2D eigenvalue weighted by Crippen LogP contribution is 2.34. The fraction of sp³-hybridized carbons (Fsp3) is 0.316. The van der Waals surface area contributed by atoms with Crippen molar-refractivity contribution < 1.29 is 14.3 Å². The van der Waals surface area contributed by atoms with Gasteiger partial charge in [-0.05, 0) is 50.1 Å². The van der Waals surface area contributed by atoms with Gasteiger partial charge in [0.2, 0.25) is 0 Å². The molecule has 0 saturated carbocycles. The number of carbonyl (C=O) groups excluding carboxylic acids is 1. The third kappa shape index (κ3) is 5.03. The van der Waals surface area contributed by atoms with Crippen molar-refractivity contribution in [3.8, 4) is 11.5 Å². The van der Waals surface area contributed by atoms with Crippen molar-refractivity contribution in [3.05, 3.63) is 57.1 Å². The van der Waals surface area contributed by atoms with Crippen molar-refractivity contribution in [2.75, 3.05) is 19.8 Å². The third-order valence-corrected chi connectivity index (χ3v) is 4.31. The summed E-state index contributed by atoms with van der Waals surface area (Å²) in [4.78, 5) is 12.2. The molecule has 0 aliphatic heterocycles. The number of rotatable bonds is 7. The quantitative estimate of drug-likeness (QED) is 0.699. The van der Waals surface area contributed by atoms with Crippen LogP contribution in [0.1, 0.15) is 28.4 Å². The maximum Gasteiger partial charge on any atom is 0.251 e. The van der Waals surface area contributed by atoms with Crippen LogP contribution in [-0.2, 0) is 0 Å². The molecular weight excluding hydrogens is 361 g/mol. The lowest BCUT2D eigenvalue weighted by Gasteiger charge is -2.12. The topological polar surface area (TPSA) is 47.6 Å². The molecular formula is C19H21Cl2NO3. The number of hydrogen-bond acceptors (Lipinski definition) is 3. The molecule has 0 aromatic heterocycles. The van der Waals surface area contributed by atoms with E-state index in [-0.39, 0.29) is 5.91 Å². The molecule has 4 nitrogen and oxygen atoms in total. The van der Waals surface area contributed by atoms with E-state index in [2.05, 4.69) is 5.32 Å². The highest BCUT2D eigenvalue weighted by Gasteiger charge is 2.13. The van der Waals surface area contributed by atoms with E-state index in [1.165, 1.54) is 5.56 Å². The molecule has 2 aromatic carbocycles.